The normalized spacial score (nSPS) is 25.3. The van der Waals surface area contributed by atoms with Crippen LogP contribution in [0.3, 0.4) is 0 Å². The maximum absolute atomic E-state index is 12.6. The van der Waals surface area contributed by atoms with Crippen LogP contribution in [0.15, 0.2) is 24.3 Å². The van der Waals surface area contributed by atoms with Crippen molar-refractivity contribution in [2.24, 2.45) is 23.7 Å². The molecule has 0 unspecified atom stereocenters. The van der Waals surface area contributed by atoms with Crippen LogP contribution in [0.5, 0.6) is 11.5 Å². The van der Waals surface area contributed by atoms with Gasteiger partial charge in [-0.1, -0.05) is 71.1 Å². The number of hydrogen-bond donors (Lipinski definition) is 0. The summed E-state index contributed by atoms with van der Waals surface area (Å²) in [5.74, 6) is 2.73. The van der Waals surface area contributed by atoms with Crippen molar-refractivity contribution >= 4 is 5.97 Å². The van der Waals surface area contributed by atoms with Crippen LogP contribution in [0, 0.1) is 23.7 Å². The summed E-state index contributed by atoms with van der Waals surface area (Å²) in [6, 6.07) is 5.81. The van der Waals surface area contributed by atoms with E-state index in [0.717, 1.165) is 43.4 Å². The minimum atomic E-state index is -2.86. The van der Waals surface area contributed by atoms with Crippen molar-refractivity contribution in [2.45, 2.75) is 116 Å². The zero-order valence-corrected chi connectivity index (χ0v) is 21.0. The lowest BCUT2D eigenvalue weighted by Gasteiger charge is -2.37. The fraction of sp³-hybridized carbons (Fsp3) is 0.759. The van der Waals surface area contributed by atoms with Crippen molar-refractivity contribution in [3.8, 4) is 11.5 Å². The number of alkyl halides is 2. The van der Waals surface area contributed by atoms with Gasteiger partial charge in [-0.3, -0.25) is 4.79 Å². The van der Waals surface area contributed by atoms with Crippen LogP contribution >= 0.6 is 0 Å². The Labute approximate surface area is 205 Å². The zero-order chi connectivity index (χ0) is 24.2. The maximum atomic E-state index is 12.6. The van der Waals surface area contributed by atoms with Gasteiger partial charge < -0.3 is 9.47 Å². The molecule has 0 atom stereocenters. The van der Waals surface area contributed by atoms with Gasteiger partial charge in [-0.15, -0.1) is 0 Å². The van der Waals surface area contributed by atoms with Gasteiger partial charge in [0, 0.05) is 0 Å². The number of hydrogen-bond acceptors (Lipinski definition) is 3. The molecular formula is C29H44F2O3. The van der Waals surface area contributed by atoms with E-state index in [1.54, 1.807) is 0 Å². The SMILES string of the molecule is CCCCCCCCCC1CCC(C2CCC(C(=O)Oc3ccc(OC(F)F)cc3)CC2)CC1. The van der Waals surface area contributed by atoms with E-state index >= 15 is 0 Å². The first-order valence-corrected chi connectivity index (χ1v) is 13.8. The molecule has 0 radical (unpaired) electrons. The van der Waals surface area contributed by atoms with Gasteiger partial charge in [0.25, 0.3) is 0 Å². The second kappa shape index (κ2) is 14.7. The van der Waals surface area contributed by atoms with Gasteiger partial charge in [0.1, 0.15) is 11.5 Å². The van der Waals surface area contributed by atoms with Gasteiger partial charge in [0.15, 0.2) is 0 Å². The van der Waals surface area contributed by atoms with Crippen molar-refractivity contribution in [1.29, 1.82) is 0 Å². The van der Waals surface area contributed by atoms with Crippen molar-refractivity contribution in [3.05, 3.63) is 24.3 Å². The molecule has 0 amide bonds. The van der Waals surface area contributed by atoms with Gasteiger partial charge >= 0.3 is 12.6 Å². The van der Waals surface area contributed by atoms with Crippen LogP contribution < -0.4 is 9.47 Å². The highest BCUT2D eigenvalue weighted by molar-refractivity contribution is 5.75. The Balaban J connectivity index is 1.29. The summed E-state index contributed by atoms with van der Waals surface area (Å²) in [5.41, 5.74) is 0. The van der Waals surface area contributed by atoms with Gasteiger partial charge in [-0.25, -0.2) is 0 Å². The molecule has 2 aliphatic rings. The number of unbranched alkanes of at least 4 members (excludes halogenated alkanes) is 6. The molecule has 0 bridgehead atoms. The quantitative estimate of drug-likeness (QED) is 0.161. The van der Waals surface area contributed by atoms with E-state index in [-0.39, 0.29) is 17.6 Å². The van der Waals surface area contributed by atoms with Crippen molar-refractivity contribution in [1.82, 2.24) is 0 Å². The molecule has 0 heterocycles. The molecule has 2 aliphatic carbocycles. The van der Waals surface area contributed by atoms with E-state index in [2.05, 4.69) is 11.7 Å². The average molecular weight is 479 g/mol. The number of rotatable bonds is 13. The fourth-order valence-corrected chi connectivity index (χ4v) is 6.05. The lowest BCUT2D eigenvalue weighted by Crippen LogP contribution is -2.30. The van der Waals surface area contributed by atoms with E-state index < -0.39 is 6.61 Å². The molecule has 0 spiro atoms. The number of benzene rings is 1. The second-order valence-corrected chi connectivity index (χ2v) is 10.6. The monoisotopic (exact) mass is 478 g/mol. The third kappa shape index (κ3) is 9.19. The largest absolute Gasteiger partial charge is 0.435 e. The summed E-state index contributed by atoms with van der Waals surface area (Å²) in [4.78, 5) is 12.6. The zero-order valence-electron chi connectivity index (χ0n) is 21.0. The van der Waals surface area contributed by atoms with Gasteiger partial charge in [0.05, 0.1) is 5.92 Å². The van der Waals surface area contributed by atoms with Crippen molar-refractivity contribution in [3.63, 3.8) is 0 Å². The topological polar surface area (TPSA) is 35.5 Å². The summed E-state index contributed by atoms with van der Waals surface area (Å²) >= 11 is 0. The molecule has 3 rings (SSSR count). The fourth-order valence-electron chi connectivity index (χ4n) is 6.05. The number of carbonyl (C=O) groups is 1. The van der Waals surface area contributed by atoms with Crippen molar-refractivity contribution < 1.29 is 23.0 Å². The van der Waals surface area contributed by atoms with Crippen molar-refractivity contribution in [2.75, 3.05) is 0 Å². The van der Waals surface area contributed by atoms with Gasteiger partial charge in [0.2, 0.25) is 0 Å². The molecule has 3 nitrogen and oxygen atoms in total. The third-order valence-electron chi connectivity index (χ3n) is 8.15. The first-order valence-electron chi connectivity index (χ1n) is 13.8. The first-order chi connectivity index (χ1) is 16.5. The van der Waals surface area contributed by atoms with E-state index in [0.29, 0.717) is 5.75 Å². The number of halogens is 2. The summed E-state index contributed by atoms with van der Waals surface area (Å²) in [6.45, 7) is -0.583. The van der Waals surface area contributed by atoms with Crippen LogP contribution in [0.2, 0.25) is 0 Å². The third-order valence-corrected chi connectivity index (χ3v) is 8.15. The maximum Gasteiger partial charge on any atom is 0.387 e. The minimum Gasteiger partial charge on any atom is -0.435 e. The highest BCUT2D eigenvalue weighted by atomic mass is 19.3. The molecule has 1 aromatic rings. The van der Waals surface area contributed by atoms with Crippen LogP contribution in [0.1, 0.15) is 110 Å². The molecule has 1 aromatic carbocycles. The van der Waals surface area contributed by atoms with Gasteiger partial charge in [-0.2, -0.15) is 8.78 Å². The molecular weight excluding hydrogens is 434 g/mol. The number of carbonyl (C=O) groups excluding carboxylic acids is 1. The second-order valence-electron chi connectivity index (χ2n) is 10.6. The van der Waals surface area contributed by atoms with Crippen LogP contribution in [-0.2, 0) is 4.79 Å². The molecule has 0 aromatic heterocycles. The lowest BCUT2D eigenvalue weighted by atomic mass is 9.68. The molecule has 0 aliphatic heterocycles. The Morgan fingerprint density at radius 1 is 0.794 bits per heavy atom. The standard InChI is InChI=1S/C29H44F2O3/c1-2-3-4-5-6-7-8-9-22-10-12-23(13-11-22)24-14-16-25(17-15-24)28(32)33-26-18-20-27(21-19-26)34-29(30)31/h18-25,29H,2-17H2,1H3. The highest BCUT2D eigenvalue weighted by Crippen LogP contribution is 2.42. The smallest absolute Gasteiger partial charge is 0.387 e. The summed E-state index contributed by atoms with van der Waals surface area (Å²) in [6.07, 6.45) is 20.8. The molecule has 0 N–H and O–H groups in total. The predicted octanol–water partition coefficient (Wildman–Crippen LogP) is 8.95. The summed E-state index contributed by atoms with van der Waals surface area (Å²) in [5, 5.41) is 0. The van der Waals surface area contributed by atoms with E-state index in [9.17, 15) is 13.6 Å². The Bertz CT molecular complexity index is 690. The Hall–Kier alpha value is -1.65. The predicted molar refractivity (Wildman–Crippen MR) is 132 cm³/mol. The van der Waals surface area contributed by atoms with E-state index in [1.165, 1.54) is 101 Å². The minimum absolute atomic E-state index is 0.0538. The Morgan fingerprint density at radius 3 is 1.91 bits per heavy atom. The Kier molecular flexibility index (Phi) is 11.6. The van der Waals surface area contributed by atoms with Gasteiger partial charge in [-0.05, 0) is 80.5 Å². The van der Waals surface area contributed by atoms with E-state index in [1.807, 2.05) is 0 Å². The molecule has 2 fully saturated rings. The summed E-state index contributed by atoms with van der Waals surface area (Å²) in [7, 11) is 0. The molecule has 2 saturated carbocycles. The average Bonchev–Trinajstić information content (AvgIpc) is 2.85. The number of ether oxygens (including phenoxy) is 2. The Morgan fingerprint density at radius 2 is 1.32 bits per heavy atom. The first kappa shape index (κ1) is 26.9. The lowest BCUT2D eigenvalue weighted by molar-refractivity contribution is -0.140. The molecule has 192 valence electrons. The van der Waals surface area contributed by atoms with E-state index in [4.69, 9.17) is 4.74 Å². The molecule has 5 heteroatoms. The summed E-state index contributed by atoms with van der Waals surface area (Å²) < 4.78 is 34.4. The molecule has 0 saturated heterocycles. The number of esters is 1. The highest BCUT2D eigenvalue weighted by Gasteiger charge is 2.33. The van der Waals surface area contributed by atoms with Crippen LogP contribution in [0.4, 0.5) is 8.78 Å². The van der Waals surface area contributed by atoms with Crippen LogP contribution in [-0.4, -0.2) is 12.6 Å². The van der Waals surface area contributed by atoms with Crippen LogP contribution in [0.25, 0.3) is 0 Å². The molecule has 34 heavy (non-hydrogen) atoms.